The Morgan fingerprint density at radius 1 is 1.10 bits per heavy atom. The van der Waals surface area contributed by atoms with Crippen LogP contribution in [0.4, 0.5) is 0 Å². The highest BCUT2D eigenvalue weighted by atomic mass is 35.5. The van der Waals surface area contributed by atoms with Gasteiger partial charge in [-0.1, -0.05) is 30.7 Å². The topological polar surface area (TPSA) is 65.1 Å². The second kappa shape index (κ2) is 7.34. The quantitative estimate of drug-likeness (QED) is 0.409. The molecule has 0 N–H and O–H groups in total. The Morgan fingerprint density at radius 2 is 1.83 bits per heavy atom. The first-order chi connectivity index (χ1) is 14.6. The number of thiophene rings is 1. The maximum absolute atomic E-state index is 13.5. The summed E-state index contributed by atoms with van der Waals surface area (Å²) >= 11 is 7.66. The molecule has 0 saturated heterocycles. The number of benzene rings is 1. The van der Waals surface area contributed by atoms with E-state index in [-0.39, 0.29) is 5.69 Å². The highest BCUT2D eigenvalue weighted by Crippen LogP contribution is 2.33. The van der Waals surface area contributed by atoms with Gasteiger partial charge in [0.15, 0.2) is 11.5 Å². The lowest BCUT2D eigenvalue weighted by atomic mass is 10.1. The van der Waals surface area contributed by atoms with E-state index in [0.717, 1.165) is 27.8 Å². The van der Waals surface area contributed by atoms with Crippen LogP contribution in [0.2, 0.25) is 5.02 Å². The zero-order valence-corrected chi connectivity index (χ0v) is 18.0. The zero-order chi connectivity index (χ0) is 20.8. The van der Waals surface area contributed by atoms with Gasteiger partial charge in [-0.15, -0.1) is 16.4 Å². The molecule has 150 valence electrons. The van der Waals surface area contributed by atoms with E-state index in [4.69, 9.17) is 16.6 Å². The SMILES string of the molecule is CCc1c(C)sc2c1c1nc(-c3ccncc3)nn1c(=O)n2Cc1ccc(Cl)cc1. The normalized spacial score (nSPS) is 11.6. The fraction of sp³-hybridized carbons (Fsp3) is 0.182. The Bertz CT molecular complexity index is 1430. The molecule has 1 aromatic carbocycles. The van der Waals surface area contributed by atoms with Crippen molar-refractivity contribution in [2.45, 2.75) is 26.8 Å². The van der Waals surface area contributed by atoms with Crippen molar-refractivity contribution >= 4 is 38.8 Å². The van der Waals surface area contributed by atoms with E-state index in [2.05, 4.69) is 23.9 Å². The summed E-state index contributed by atoms with van der Waals surface area (Å²) < 4.78 is 3.22. The van der Waals surface area contributed by atoms with E-state index in [0.29, 0.717) is 23.0 Å². The lowest BCUT2D eigenvalue weighted by Crippen LogP contribution is -2.28. The van der Waals surface area contributed by atoms with E-state index in [1.54, 1.807) is 28.3 Å². The Morgan fingerprint density at radius 3 is 2.53 bits per heavy atom. The maximum atomic E-state index is 13.5. The van der Waals surface area contributed by atoms with Gasteiger partial charge in [0.05, 0.1) is 11.9 Å². The molecule has 0 bridgehead atoms. The van der Waals surface area contributed by atoms with Crippen LogP contribution in [0.1, 0.15) is 22.9 Å². The molecule has 0 aliphatic rings. The molecule has 30 heavy (non-hydrogen) atoms. The lowest BCUT2D eigenvalue weighted by molar-refractivity contribution is 0.720. The van der Waals surface area contributed by atoms with Crippen molar-refractivity contribution in [3.63, 3.8) is 0 Å². The molecule has 0 saturated carbocycles. The van der Waals surface area contributed by atoms with Crippen molar-refractivity contribution in [1.82, 2.24) is 24.1 Å². The Balaban J connectivity index is 1.82. The van der Waals surface area contributed by atoms with Crippen molar-refractivity contribution in [1.29, 1.82) is 0 Å². The largest absolute Gasteiger partial charge is 0.352 e. The molecular formula is C22H18ClN5OS. The number of aryl methyl sites for hydroxylation is 2. The van der Waals surface area contributed by atoms with E-state index in [1.165, 1.54) is 15.0 Å². The summed E-state index contributed by atoms with van der Waals surface area (Å²) in [7, 11) is 0. The van der Waals surface area contributed by atoms with Crippen molar-refractivity contribution in [3.8, 4) is 11.4 Å². The van der Waals surface area contributed by atoms with Crippen LogP contribution in [0, 0.1) is 6.92 Å². The van der Waals surface area contributed by atoms with Crippen molar-refractivity contribution in [3.05, 3.63) is 80.3 Å². The number of hydrogen-bond acceptors (Lipinski definition) is 5. The van der Waals surface area contributed by atoms with Crippen LogP contribution in [0.25, 0.3) is 27.3 Å². The van der Waals surface area contributed by atoms with E-state index in [9.17, 15) is 4.79 Å². The zero-order valence-electron chi connectivity index (χ0n) is 16.5. The minimum Gasteiger partial charge on any atom is -0.278 e. The van der Waals surface area contributed by atoms with Crippen LogP contribution >= 0.6 is 22.9 Å². The van der Waals surface area contributed by atoms with Gasteiger partial charge in [0.2, 0.25) is 0 Å². The van der Waals surface area contributed by atoms with Crippen molar-refractivity contribution in [2.24, 2.45) is 0 Å². The number of aromatic nitrogens is 5. The number of hydrogen-bond donors (Lipinski definition) is 0. The van der Waals surface area contributed by atoms with Crippen LogP contribution in [0.3, 0.4) is 0 Å². The third kappa shape index (κ3) is 3.02. The van der Waals surface area contributed by atoms with Gasteiger partial charge < -0.3 is 0 Å². The number of halogens is 1. The highest BCUT2D eigenvalue weighted by Gasteiger charge is 2.21. The van der Waals surface area contributed by atoms with Crippen molar-refractivity contribution < 1.29 is 0 Å². The summed E-state index contributed by atoms with van der Waals surface area (Å²) in [5, 5.41) is 6.23. The third-order valence-electron chi connectivity index (χ3n) is 5.22. The summed E-state index contributed by atoms with van der Waals surface area (Å²) in [4.78, 5) is 24.4. The summed E-state index contributed by atoms with van der Waals surface area (Å²) in [5.74, 6) is 0.519. The van der Waals surface area contributed by atoms with Gasteiger partial charge in [0, 0.05) is 27.9 Å². The Kier molecular flexibility index (Phi) is 4.64. The first-order valence-electron chi connectivity index (χ1n) is 9.63. The molecule has 0 radical (unpaired) electrons. The molecule has 0 unspecified atom stereocenters. The molecule has 0 amide bonds. The van der Waals surface area contributed by atoms with Gasteiger partial charge in [0.25, 0.3) is 0 Å². The lowest BCUT2D eigenvalue weighted by Gasteiger charge is -2.09. The second-order valence-electron chi connectivity index (χ2n) is 7.07. The van der Waals surface area contributed by atoms with E-state index in [1.807, 2.05) is 36.4 Å². The molecule has 0 aliphatic heterocycles. The molecule has 4 heterocycles. The standard InChI is InChI=1S/C22H18ClN5OS/c1-3-17-13(2)30-21-18(17)20-25-19(15-8-10-24-11-9-15)26-28(20)22(29)27(21)12-14-4-6-16(23)7-5-14/h4-11H,3,12H2,1-2H3. The molecule has 0 atom stereocenters. The van der Waals surface area contributed by atoms with Crippen LogP contribution in [0.15, 0.2) is 53.6 Å². The fourth-order valence-corrected chi connectivity index (χ4v) is 5.11. The molecular weight excluding hydrogens is 418 g/mol. The number of pyridine rings is 1. The van der Waals surface area contributed by atoms with Gasteiger partial charge in [-0.05, 0) is 48.7 Å². The van der Waals surface area contributed by atoms with Crippen LogP contribution in [-0.2, 0) is 13.0 Å². The summed E-state index contributed by atoms with van der Waals surface area (Å²) in [6.45, 7) is 4.66. The van der Waals surface area contributed by atoms with Crippen LogP contribution in [-0.4, -0.2) is 24.1 Å². The van der Waals surface area contributed by atoms with Crippen LogP contribution in [0.5, 0.6) is 0 Å². The molecule has 0 spiro atoms. The monoisotopic (exact) mass is 435 g/mol. The molecule has 0 fully saturated rings. The molecule has 5 rings (SSSR count). The Labute approximate surface area is 181 Å². The molecule has 4 aromatic heterocycles. The van der Waals surface area contributed by atoms with Gasteiger partial charge in [-0.2, -0.15) is 4.52 Å². The predicted molar refractivity (Wildman–Crippen MR) is 121 cm³/mol. The van der Waals surface area contributed by atoms with Gasteiger partial charge in [0.1, 0.15) is 4.83 Å². The highest BCUT2D eigenvalue weighted by molar-refractivity contribution is 7.19. The first-order valence-corrected chi connectivity index (χ1v) is 10.8. The molecule has 5 aromatic rings. The maximum Gasteiger partial charge on any atom is 0.352 e. The van der Waals surface area contributed by atoms with Gasteiger partial charge >= 0.3 is 5.69 Å². The summed E-state index contributed by atoms with van der Waals surface area (Å²) in [5.41, 5.74) is 3.44. The first kappa shape index (κ1) is 19.0. The fourth-order valence-electron chi connectivity index (χ4n) is 3.75. The number of fused-ring (bicyclic) bond motifs is 3. The average molecular weight is 436 g/mol. The summed E-state index contributed by atoms with van der Waals surface area (Å²) in [6, 6.07) is 11.2. The van der Waals surface area contributed by atoms with E-state index < -0.39 is 0 Å². The molecule has 8 heteroatoms. The molecule has 6 nitrogen and oxygen atoms in total. The summed E-state index contributed by atoms with van der Waals surface area (Å²) in [6.07, 6.45) is 4.25. The third-order valence-corrected chi connectivity index (χ3v) is 6.65. The predicted octanol–water partition coefficient (Wildman–Crippen LogP) is 4.74. The van der Waals surface area contributed by atoms with E-state index >= 15 is 0 Å². The van der Waals surface area contributed by atoms with Crippen LogP contribution < -0.4 is 5.69 Å². The van der Waals surface area contributed by atoms with Gasteiger partial charge in [-0.3, -0.25) is 9.55 Å². The smallest absolute Gasteiger partial charge is 0.278 e. The Hall–Kier alpha value is -3.03. The molecule has 0 aliphatic carbocycles. The number of rotatable bonds is 4. The second-order valence-corrected chi connectivity index (χ2v) is 8.71. The minimum atomic E-state index is -0.204. The average Bonchev–Trinajstić information content (AvgIpc) is 3.34. The minimum absolute atomic E-state index is 0.204. The van der Waals surface area contributed by atoms with Gasteiger partial charge in [-0.25, -0.2) is 9.78 Å². The number of nitrogens with zero attached hydrogens (tertiary/aromatic N) is 5. The van der Waals surface area contributed by atoms with Crippen molar-refractivity contribution in [2.75, 3.05) is 0 Å².